The van der Waals surface area contributed by atoms with Crippen molar-refractivity contribution < 1.29 is 0 Å². The standard InChI is InChI=1S/C24H26N4O/c29-24-27(20-12-11-19-26-17-9-1-2-10-18-26)25-23(21-13-5-3-6-14-21)28(24)22-15-7-4-8-16-22/h3-8,13-16H,1-2,9-10,17-20H2. The molecule has 2 heterocycles. The van der Waals surface area contributed by atoms with Crippen LogP contribution in [-0.2, 0) is 6.54 Å². The van der Waals surface area contributed by atoms with Crippen molar-refractivity contribution in [2.45, 2.75) is 32.2 Å². The molecule has 1 aliphatic rings. The van der Waals surface area contributed by atoms with Gasteiger partial charge in [-0.3, -0.25) is 4.90 Å². The lowest BCUT2D eigenvalue weighted by molar-refractivity contribution is 0.320. The summed E-state index contributed by atoms with van der Waals surface area (Å²) in [6.07, 6.45) is 5.14. The summed E-state index contributed by atoms with van der Waals surface area (Å²) in [5.74, 6) is 7.02. The summed E-state index contributed by atoms with van der Waals surface area (Å²) < 4.78 is 3.12. The van der Waals surface area contributed by atoms with Crippen LogP contribution in [0.1, 0.15) is 25.7 Å². The van der Waals surface area contributed by atoms with Crippen LogP contribution in [0, 0.1) is 11.8 Å². The van der Waals surface area contributed by atoms with Gasteiger partial charge in [0, 0.05) is 5.56 Å². The molecule has 0 radical (unpaired) electrons. The highest BCUT2D eigenvalue weighted by Gasteiger charge is 2.15. The van der Waals surface area contributed by atoms with Crippen LogP contribution in [0.5, 0.6) is 0 Å². The zero-order chi connectivity index (χ0) is 19.9. The summed E-state index contributed by atoms with van der Waals surface area (Å²) in [5.41, 5.74) is 1.55. The first-order valence-electron chi connectivity index (χ1n) is 10.3. The highest BCUT2D eigenvalue weighted by atomic mass is 16.2. The molecule has 0 saturated carbocycles. The van der Waals surface area contributed by atoms with Crippen molar-refractivity contribution >= 4 is 0 Å². The van der Waals surface area contributed by atoms with Crippen LogP contribution in [-0.4, -0.2) is 38.9 Å². The number of aromatic nitrogens is 3. The van der Waals surface area contributed by atoms with E-state index in [2.05, 4.69) is 21.8 Å². The maximum absolute atomic E-state index is 13.1. The highest BCUT2D eigenvalue weighted by Crippen LogP contribution is 2.18. The summed E-state index contributed by atoms with van der Waals surface area (Å²) in [5, 5.41) is 4.61. The molecule has 0 aliphatic carbocycles. The van der Waals surface area contributed by atoms with Crippen molar-refractivity contribution in [3.8, 4) is 28.9 Å². The second kappa shape index (κ2) is 9.40. The third-order valence-corrected chi connectivity index (χ3v) is 5.24. The second-order valence-electron chi connectivity index (χ2n) is 7.34. The Bertz CT molecular complexity index is 1030. The van der Waals surface area contributed by atoms with E-state index in [1.54, 1.807) is 4.57 Å². The van der Waals surface area contributed by atoms with Crippen molar-refractivity contribution in [3.05, 3.63) is 71.1 Å². The van der Waals surface area contributed by atoms with Gasteiger partial charge < -0.3 is 0 Å². The molecule has 29 heavy (non-hydrogen) atoms. The fourth-order valence-electron chi connectivity index (χ4n) is 3.69. The van der Waals surface area contributed by atoms with Crippen molar-refractivity contribution in [2.75, 3.05) is 19.6 Å². The molecule has 148 valence electrons. The van der Waals surface area contributed by atoms with Crippen LogP contribution in [0.15, 0.2) is 65.5 Å². The average Bonchev–Trinajstić information content (AvgIpc) is 2.93. The van der Waals surface area contributed by atoms with Gasteiger partial charge in [0.1, 0.15) is 6.54 Å². The monoisotopic (exact) mass is 386 g/mol. The second-order valence-corrected chi connectivity index (χ2v) is 7.34. The van der Waals surface area contributed by atoms with Crippen LogP contribution >= 0.6 is 0 Å². The maximum Gasteiger partial charge on any atom is 0.351 e. The quantitative estimate of drug-likeness (QED) is 0.644. The minimum absolute atomic E-state index is 0.167. The molecule has 5 nitrogen and oxygen atoms in total. The fraction of sp³-hybridized carbons (Fsp3) is 0.333. The third kappa shape index (κ3) is 4.67. The number of nitrogens with zero attached hydrogens (tertiary/aromatic N) is 4. The molecule has 5 heteroatoms. The number of likely N-dealkylation sites (tertiary alicyclic amines) is 1. The fourth-order valence-corrected chi connectivity index (χ4v) is 3.69. The molecule has 0 atom stereocenters. The van der Waals surface area contributed by atoms with E-state index in [4.69, 9.17) is 0 Å². The lowest BCUT2D eigenvalue weighted by Gasteiger charge is -2.15. The first-order valence-corrected chi connectivity index (χ1v) is 10.3. The molecule has 0 N–H and O–H groups in total. The molecule has 0 bridgehead atoms. The van der Waals surface area contributed by atoms with Gasteiger partial charge in [0.15, 0.2) is 5.82 Å². The van der Waals surface area contributed by atoms with Gasteiger partial charge >= 0.3 is 5.69 Å². The number of hydrogen-bond acceptors (Lipinski definition) is 3. The van der Waals surface area contributed by atoms with Crippen molar-refractivity contribution in [3.63, 3.8) is 0 Å². The van der Waals surface area contributed by atoms with Gasteiger partial charge in [-0.25, -0.2) is 14.0 Å². The van der Waals surface area contributed by atoms with E-state index < -0.39 is 0 Å². The molecule has 1 saturated heterocycles. The van der Waals surface area contributed by atoms with E-state index in [0.717, 1.165) is 30.9 Å². The molecule has 1 fully saturated rings. The van der Waals surface area contributed by atoms with Gasteiger partial charge in [-0.05, 0) is 38.1 Å². The number of hydrogen-bond donors (Lipinski definition) is 0. The largest absolute Gasteiger partial charge is 0.351 e. The lowest BCUT2D eigenvalue weighted by Crippen LogP contribution is -2.25. The third-order valence-electron chi connectivity index (χ3n) is 5.24. The zero-order valence-corrected chi connectivity index (χ0v) is 16.6. The molecule has 2 aromatic carbocycles. The predicted octanol–water partition coefficient (Wildman–Crippen LogP) is 3.58. The van der Waals surface area contributed by atoms with E-state index in [9.17, 15) is 4.79 Å². The Morgan fingerprint density at radius 2 is 1.41 bits per heavy atom. The molecule has 0 unspecified atom stereocenters. The SMILES string of the molecule is O=c1n(CC#CCN2CCCCCC2)nc(-c2ccccc2)n1-c1ccccc1. The van der Waals surface area contributed by atoms with Gasteiger partial charge in [-0.15, -0.1) is 5.10 Å². The smallest absolute Gasteiger partial charge is 0.292 e. The Morgan fingerprint density at radius 3 is 2.10 bits per heavy atom. The van der Waals surface area contributed by atoms with E-state index >= 15 is 0 Å². The summed E-state index contributed by atoms with van der Waals surface area (Å²) in [4.78, 5) is 15.5. The summed E-state index contributed by atoms with van der Waals surface area (Å²) in [6.45, 7) is 3.30. The van der Waals surface area contributed by atoms with Crippen LogP contribution < -0.4 is 5.69 Å². The van der Waals surface area contributed by atoms with Gasteiger partial charge in [-0.1, -0.05) is 73.2 Å². The van der Waals surface area contributed by atoms with E-state index in [-0.39, 0.29) is 5.69 Å². The van der Waals surface area contributed by atoms with E-state index in [0.29, 0.717) is 12.4 Å². The van der Waals surface area contributed by atoms with Crippen LogP contribution in [0.2, 0.25) is 0 Å². The topological polar surface area (TPSA) is 43.1 Å². The normalized spacial score (nSPS) is 14.8. The molecule has 3 aromatic rings. The molecule has 0 spiro atoms. The van der Waals surface area contributed by atoms with Crippen molar-refractivity contribution in [1.82, 2.24) is 19.2 Å². The minimum Gasteiger partial charge on any atom is -0.292 e. The molecule has 0 amide bonds. The average molecular weight is 386 g/mol. The Morgan fingerprint density at radius 1 is 0.793 bits per heavy atom. The predicted molar refractivity (Wildman–Crippen MR) is 116 cm³/mol. The minimum atomic E-state index is -0.167. The Labute approximate surface area is 171 Å². The molecule has 1 aliphatic heterocycles. The van der Waals surface area contributed by atoms with Gasteiger partial charge in [0.2, 0.25) is 0 Å². The van der Waals surface area contributed by atoms with Crippen molar-refractivity contribution in [1.29, 1.82) is 0 Å². The molecule has 1 aromatic heterocycles. The highest BCUT2D eigenvalue weighted by molar-refractivity contribution is 5.57. The van der Waals surface area contributed by atoms with Gasteiger partial charge in [-0.2, -0.15) is 0 Å². The van der Waals surface area contributed by atoms with Crippen LogP contribution in [0.3, 0.4) is 0 Å². The Hall–Kier alpha value is -3.10. The summed E-state index contributed by atoms with van der Waals surface area (Å²) >= 11 is 0. The van der Waals surface area contributed by atoms with Gasteiger partial charge in [0.25, 0.3) is 0 Å². The van der Waals surface area contributed by atoms with E-state index in [1.807, 2.05) is 60.7 Å². The summed E-state index contributed by atoms with van der Waals surface area (Å²) in [6, 6.07) is 19.4. The summed E-state index contributed by atoms with van der Waals surface area (Å²) in [7, 11) is 0. The first-order chi connectivity index (χ1) is 14.3. The Kier molecular flexibility index (Phi) is 6.23. The van der Waals surface area contributed by atoms with Crippen LogP contribution in [0.25, 0.3) is 17.1 Å². The first kappa shape index (κ1) is 19.2. The number of benzene rings is 2. The Balaban J connectivity index is 1.59. The number of para-hydroxylation sites is 1. The number of rotatable bonds is 4. The van der Waals surface area contributed by atoms with Gasteiger partial charge in [0.05, 0.1) is 12.2 Å². The van der Waals surface area contributed by atoms with E-state index in [1.165, 1.54) is 30.4 Å². The van der Waals surface area contributed by atoms with Crippen LogP contribution in [0.4, 0.5) is 0 Å². The molecular weight excluding hydrogens is 360 g/mol. The molecular formula is C24H26N4O. The zero-order valence-electron chi connectivity index (χ0n) is 16.6. The van der Waals surface area contributed by atoms with Crippen molar-refractivity contribution in [2.24, 2.45) is 0 Å². The molecule has 4 rings (SSSR count). The lowest BCUT2D eigenvalue weighted by atomic mass is 10.2. The maximum atomic E-state index is 13.1.